The number of halogens is 1. The smallest absolute Gasteiger partial charge is 0.345 e. The number of carboxylic acids is 1. The van der Waals surface area contributed by atoms with Gasteiger partial charge in [0.25, 0.3) is 0 Å². The van der Waals surface area contributed by atoms with E-state index in [9.17, 15) is 4.79 Å². The van der Waals surface area contributed by atoms with Crippen molar-refractivity contribution < 1.29 is 9.90 Å². The molecule has 0 fully saturated rings. The van der Waals surface area contributed by atoms with E-state index in [2.05, 4.69) is 28.6 Å². The van der Waals surface area contributed by atoms with Gasteiger partial charge < -0.3 is 5.11 Å². The molecule has 1 heterocycles. The third-order valence-electron chi connectivity index (χ3n) is 0.880. The van der Waals surface area contributed by atoms with Crippen LogP contribution in [0.2, 0.25) is 0 Å². The van der Waals surface area contributed by atoms with E-state index in [4.69, 9.17) is 5.11 Å². The van der Waals surface area contributed by atoms with Crippen LogP contribution in [0.1, 0.15) is 9.67 Å². The highest BCUT2D eigenvalue weighted by atomic mass is 79.9. The molecule has 10 heavy (non-hydrogen) atoms. The van der Waals surface area contributed by atoms with E-state index in [0.29, 0.717) is 9.09 Å². The summed E-state index contributed by atoms with van der Waals surface area (Å²) >= 11 is 8.32. The summed E-state index contributed by atoms with van der Waals surface area (Å²) in [6.07, 6.45) is 0. The zero-order valence-corrected chi connectivity index (χ0v) is 7.96. The molecule has 0 radical (unpaired) electrons. The first-order valence-corrected chi connectivity index (χ1v) is 4.38. The standard InChI is InChI=1S/C5H3BrO2S2/c6-2-1-3(4(7)8)10-5(2)9/h1,9H,(H,7,8). The summed E-state index contributed by atoms with van der Waals surface area (Å²) in [5.74, 6) is -0.911. The van der Waals surface area contributed by atoms with Gasteiger partial charge in [0.05, 0.1) is 4.21 Å². The molecule has 0 aliphatic carbocycles. The van der Waals surface area contributed by atoms with Crippen molar-refractivity contribution >= 4 is 45.9 Å². The van der Waals surface area contributed by atoms with Gasteiger partial charge in [-0.1, -0.05) is 0 Å². The Kier molecular flexibility index (Phi) is 2.38. The Balaban J connectivity index is 3.10. The van der Waals surface area contributed by atoms with E-state index in [0.717, 1.165) is 15.8 Å². The third-order valence-corrected chi connectivity index (χ3v) is 3.51. The molecule has 0 atom stereocenters. The van der Waals surface area contributed by atoms with Crippen molar-refractivity contribution in [1.29, 1.82) is 0 Å². The van der Waals surface area contributed by atoms with Crippen molar-refractivity contribution in [3.05, 3.63) is 15.4 Å². The number of hydrogen-bond donors (Lipinski definition) is 2. The van der Waals surface area contributed by atoms with Crippen LogP contribution >= 0.6 is 39.9 Å². The maximum Gasteiger partial charge on any atom is 0.345 e. The van der Waals surface area contributed by atoms with Gasteiger partial charge in [-0.05, 0) is 22.0 Å². The van der Waals surface area contributed by atoms with E-state index < -0.39 is 5.97 Å². The highest BCUT2D eigenvalue weighted by Gasteiger charge is 2.08. The molecule has 1 rings (SSSR count). The SMILES string of the molecule is O=C(O)c1cc(Br)c(S)s1. The number of thiol groups is 1. The molecule has 0 spiro atoms. The fourth-order valence-electron chi connectivity index (χ4n) is 0.465. The van der Waals surface area contributed by atoms with Crippen LogP contribution in [0, 0.1) is 0 Å². The third kappa shape index (κ3) is 1.53. The molecule has 0 saturated heterocycles. The normalized spacial score (nSPS) is 9.80. The van der Waals surface area contributed by atoms with Crippen LogP contribution in [-0.4, -0.2) is 11.1 Å². The lowest BCUT2D eigenvalue weighted by Crippen LogP contribution is -1.89. The van der Waals surface area contributed by atoms with Gasteiger partial charge in [0.1, 0.15) is 4.88 Å². The second-order valence-electron chi connectivity index (χ2n) is 1.57. The Labute approximate surface area is 75.4 Å². The summed E-state index contributed by atoms with van der Waals surface area (Å²) in [4.78, 5) is 10.6. The number of carboxylic acid groups (broad SMARTS) is 1. The predicted octanol–water partition coefficient (Wildman–Crippen LogP) is 2.50. The summed E-state index contributed by atoms with van der Waals surface area (Å²) < 4.78 is 1.43. The van der Waals surface area contributed by atoms with Crippen LogP contribution < -0.4 is 0 Å². The van der Waals surface area contributed by atoms with Crippen LogP contribution in [0.4, 0.5) is 0 Å². The maximum absolute atomic E-state index is 10.3. The summed E-state index contributed by atoms with van der Waals surface area (Å²) in [6, 6.07) is 1.54. The van der Waals surface area contributed by atoms with E-state index in [1.54, 1.807) is 0 Å². The van der Waals surface area contributed by atoms with Crippen molar-refractivity contribution in [2.24, 2.45) is 0 Å². The minimum Gasteiger partial charge on any atom is -0.477 e. The zero-order valence-electron chi connectivity index (χ0n) is 4.67. The summed E-state index contributed by atoms with van der Waals surface area (Å²) in [7, 11) is 0. The van der Waals surface area contributed by atoms with Crippen LogP contribution in [0.25, 0.3) is 0 Å². The number of thiophene rings is 1. The molecule has 0 bridgehead atoms. The quantitative estimate of drug-likeness (QED) is 0.739. The van der Waals surface area contributed by atoms with E-state index in [1.807, 2.05) is 0 Å². The molecule has 54 valence electrons. The number of aromatic carboxylic acids is 1. The van der Waals surface area contributed by atoms with Gasteiger partial charge in [-0.3, -0.25) is 0 Å². The molecule has 5 heteroatoms. The van der Waals surface area contributed by atoms with Crippen LogP contribution in [0.15, 0.2) is 14.7 Å². The molecule has 0 saturated carbocycles. The van der Waals surface area contributed by atoms with Crippen LogP contribution in [0.5, 0.6) is 0 Å². The van der Waals surface area contributed by atoms with Gasteiger partial charge in [-0.25, -0.2) is 4.79 Å². The molecule has 0 aromatic carbocycles. The van der Waals surface area contributed by atoms with Crippen LogP contribution in [0.3, 0.4) is 0 Å². The first-order valence-electron chi connectivity index (χ1n) is 2.33. The molecule has 2 nitrogen and oxygen atoms in total. The second kappa shape index (κ2) is 2.94. The molecule has 1 N–H and O–H groups in total. The molecule has 0 aliphatic rings. The Morgan fingerprint density at radius 2 is 2.40 bits per heavy atom. The molecular weight excluding hydrogens is 236 g/mol. The van der Waals surface area contributed by atoms with Gasteiger partial charge in [0.15, 0.2) is 0 Å². The number of carbonyl (C=O) groups is 1. The summed E-state index contributed by atoms with van der Waals surface area (Å²) in [5, 5.41) is 8.48. The van der Waals surface area contributed by atoms with Crippen molar-refractivity contribution in [2.75, 3.05) is 0 Å². The number of rotatable bonds is 1. The fourth-order valence-corrected chi connectivity index (χ4v) is 2.08. The van der Waals surface area contributed by atoms with Gasteiger partial charge in [0, 0.05) is 4.47 Å². The van der Waals surface area contributed by atoms with Crippen molar-refractivity contribution in [3.8, 4) is 0 Å². The van der Waals surface area contributed by atoms with E-state index in [-0.39, 0.29) is 0 Å². The topological polar surface area (TPSA) is 37.3 Å². The minimum absolute atomic E-state index is 0.303. The molecule has 1 aromatic rings. The minimum atomic E-state index is -0.911. The van der Waals surface area contributed by atoms with E-state index >= 15 is 0 Å². The molecular formula is C5H3BrO2S2. The summed E-state index contributed by atoms with van der Waals surface area (Å²) in [6.45, 7) is 0. The lowest BCUT2D eigenvalue weighted by atomic mass is 10.5. The summed E-state index contributed by atoms with van der Waals surface area (Å²) in [5.41, 5.74) is 0. The van der Waals surface area contributed by atoms with Gasteiger partial charge in [-0.2, -0.15) is 0 Å². The lowest BCUT2D eigenvalue weighted by Gasteiger charge is -1.79. The van der Waals surface area contributed by atoms with Gasteiger partial charge >= 0.3 is 5.97 Å². The van der Waals surface area contributed by atoms with Crippen LogP contribution in [-0.2, 0) is 0 Å². The van der Waals surface area contributed by atoms with Crippen molar-refractivity contribution in [1.82, 2.24) is 0 Å². The molecule has 0 unspecified atom stereocenters. The first-order chi connectivity index (χ1) is 4.61. The maximum atomic E-state index is 10.3. The number of hydrogen-bond acceptors (Lipinski definition) is 3. The van der Waals surface area contributed by atoms with Gasteiger partial charge in [-0.15, -0.1) is 24.0 Å². The fraction of sp³-hybridized carbons (Fsp3) is 0. The molecule has 0 aliphatic heterocycles. The molecule has 1 aromatic heterocycles. The first kappa shape index (κ1) is 8.10. The largest absolute Gasteiger partial charge is 0.477 e. The molecule has 0 amide bonds. The Hall–Kier alpha value is -0.0000000000000000833. The highest BCUT2D eigenvalue weighted by molar-refractivity contribution is 9.10. The average molecular weight is 239 g/mol. The van der Waals surface area contributed by atoms with Gasteiger partial charge in [0.2, 0.25) is 0 Å². The Bertz CT molecular complexity index is 249. The zero-order chi connectivity index (χ0) is 7.72. The lowest BCUT2D eigenvalue weighted by molar-refractivity contribution is 0.0702. The second-order valence-corrected chi connectivity index (χ2v) is 4.23. The predicted molar refractivity (Wildman–Crippen MR) is 46.2 cm³/mol. The van der Waals surface area contributed by atoms with E-state index in [1.165, 1.54) is 6.07 Å². The Morgan fingerprint density at radius 1 is 1.80 bits per heavy atom. The highest BCUT2D eigenvalue weighted by Crippen LogP contribution is 2.30. The Morgan fingerprint density at radius 3 is 2.60 bits per heavy atom. The van der Waals surface area contributed by atoms with Crippen molar-refractivity contribution in [2.45, 2.75) is 4.21 Å². The average Bonchev–Trinajstić information content (AvgIpc) is 2.13. The van der Waals surface area contributed by atoms with Crippen molar-refractivity contribution in [3.63, 3.8) is 0 Å². The monoisotopic (exact) mass is 238 g/mol.